The number of rotatable bonds is 8. The summed E-state index contributed by atoms with van der Waals surface area (Å²) in [5, 5.41) is 10.3. The Kier molecular flexibility index (Phi) is 7.97. The number of hydrogen-bond acceptors (Lipinski definition) is 6. The Morgan fingerprint density at radius 3 is 2.44 bits per heavy atom. The van der Waals surface area contributed by atoms with Crippen LogP contribution >= 0.6 is 23.4 Å². The van der Waals surface area contributed by atoms with Crippen LogP contribution in [0.2, 0.25) is 5.02 Å². The van der Waals surface area contributed by atoms with E-state index in [9.17, 15) is 9.59 Å². The molecule has 1 fully saturated rings. The summed E-state index contributed by atoms with van der Waals surface area (Å²) in [5.74, 6) is -0.0157. The monoisotopic (exact) mass is 522 g/mol. The summed E-state index contributed by atoms with van der Waals surface area (Å²) in [7, 11) is 1.57. The minimum atomic E-state index is -1.00. The molecule has 0 bridgehead atoms. The molecule has 36 heavy (non-hydrogen) atoms. The predicted molar refractivity (Wildman–Crippen MR) is 142 cm³/mol. The maximum atomic E-state index is 13.0. The van der Waals surface area contributed by atoms with Gasteiger partial charge in [0.25, 0.3) is 5.91 Å². The molecule has 1 aliphatic rings. The SMILES string of the molecule is CCN1C(=O)C(=Cc2ccc(OCc3ccc(Cl)cc3)c(OC)c2)SC1=Nc1ccc(C(=O)O)cc1. The van der Waals surface area contributed by atoms with E-state index in [-0.39, 0.29) is 11.5 Å². The van der Waals surface area contributed by atoms with E-state index in [4.69, 9.17) is 26.2 Å². The number of nitrogens with zero attached hydrogens (tertiary/aromatic N) is 2. The summed E-state index contributed by atoms with van der Waals surface area (Å²) >= 11 is 7.20. The number of ether oxygens (including phenoxy) is 2. The average Bonchev–Trinajstić information content (AvgIpc) is 3.17. The molecule has 9 heteroatoms. The molecule has 0 unspecified atom stereocenters. The first-order valence-electron chi connectivity index (χ1n) is 11.1. The molecule has 1 saturated heterocycles. The summed E-state index contributed by atoms with van der Waals surface area (Å²) < 4.78 is 11.4. The summed E-state index contributed by atoms with van der Waals surface area (Å²) in [5.41, 5.74) is 2.50. The van der Waals surface area contributed by atoms with Crippen LogP contribution in [0.1, 0.15) is 28.4 Å². The van der Waals surface area contributed by atoms with Crippen molar-refractivity contribution in [3.05, 3.63) is 93.3 Å². The van der Waals surface area contributed by atoms with E-state index in [1.807, 2.05) is 49.4 Å². The van der Waals surface area contributed by atoms with Crippen molar-refractivity contribution in [2.75, 3.05) is 13.7 Å². The van der Waals surface area contributed by atoms with E-state index in [0.29, 0.717) is 45.4 Å². The fourth-order valence-corrected chi connectivity index (χ4v) is 4.63. The molecule has 1 heterocycles. The zero-order valence-electron chi connectivity index (χ0n) is 19.6. The lowest BCUT2D eigenvalue weighted by Gasteiger charge is -2.12. The van der Waals surface area contributed by atoms with E-state index in [2.05, 4.69) is 4.99 Å². The highest BCUT2D eigenvalue weighted by Crippen LogP contribution is 2.36. The van der Waals surface area contributed by atoms with E-state index < -0.39 is 5.97 Å². The molecule has 0 spiro atoms. The van der Waals surface area contributed by atoms with Gasteiger partial charge < -0.3 is 14.6 Å². The van der Waals surface area contributed by atoms with Crippen LogP contribution in [0.25, 0.3) is 6.08 Å². The Morgan fingerprint density at radius 1 is 1.08 bits per heavy atom. The molecule has 0 atom stereocenters. The first-order valence-corrected chi connectivity index (χ1v) is 12.3. The Labute approximate surface area is 218 Å². The summed E-state index contributed by atoms with van der Waals surface area (Å²) in [4.78, 5) is 30.7. The molecule has 3 aromatic rings. The second kappa shape index (κ2) is 11.3. The number of halogens is 1. The second-order valence-corrected chi connectivity index (χ2v) is 9.18. The predicted octanol–water partition coefficient (Wildman–Crippen LogP) is 6.25. The number of amidine groups is 1. The van der Waals surface area contributed by atoms with Gasteiger partial charge in [0.05, 0.1) is 23.3 Å². The Hall–Kier alpha value is -3.75. The third-order valence-corrected chi connectivity index (χ3v) is 6.59. The van der Waals surface area contributed by atoms with Crippen LogP contribution in [0.3, 0.4) is 0 Å². The molecule has 3 aromatic carbocycles. The van der Waals surface area contributed by atoms with Crippen LogP contribution in [0.15, 0.2) is 76.6 Å². The first kappa shape index (κ1) is 25.3. The minimum Gasteiger partial charge on any atom is -0.493 e. The summed E-state index contributed by atoms with van der Waals surface area (Å²) in [6.45, 7) is 2.69. The standard InChI is InChI=1S/C27H23ClN2O5S/c1-3-30-25(31)24(36-27(30)29-21-11-7-19(8-12-21)26(32)33)15-18-6-13-22(23(14-18)34-2)35-16-17-4-9-20(28)10-5-17/h4-15H,3,16H2,1-2H3,(H,32,33). The quantitative estimate of drug-likeness (QED) is 0.352. The molecular weight excluding hydrogens is 500 g/mol. The Bertz CT molecular complexity index is 1340. The number of thioether (sulfide) groups is 1. The van der Waals surface area contributed by atoms with Gasteiger partial charge in [0, 0.05) is 11.6 Å². The van der Waals surface area contributed by atoms with Gasteiger partial charge in [-0.25, -0.2) is 9.79 Å². The normalized spacial score (nSPS) is 15.5. The lowest BCUT2D eigenvalue weighted by Crippen LogP contribution is -2.28. The van der Waals surface area contributed by atoms with Gasteiger partial charge >= 0.3 is 5.97 Å². The molecule has 0 saturated carbocycles. The third kappa shape index (κ3) is 5.90. The van der Waals surface area contributed by atoms with Crippen molar-refractivity contribution in [3.8, 4) is 11.5 Å². The molecule has 1 aliphatic heterocycles. The lowest BCUT2D eigenvalue weighted by atomic mass is 10.1. The van der Waals surface area contributed by atoms with Crippen LogP contribution in [-0.4, -0.2) is 40.7 Å². The van der Waals surface area contributed by atoms with E-state index in [1.54, 1.807) is 30.2 Å². The lowest BCUT2D eigenvalue weighted by molar-refractivity contribution is -0.122. The van der Waals surface area contributed by atoms with Crippen molar-refractivity contribution in [3.63, 3.8) is 0 Å². The number of carboxylic acids is 1. The largest absolute Gasteiger partial charge is 0.493 e. The molecular formula is C27H23ClN2O5S. The van der Waals surface area contributed by atoms with Crippen molar-refractivity contribution in [2.45, 2.75) is 13.5 Å². The van der Waals surface area contributed by atoms with Gasteiger partial charge in [-0.2, -0.15) is 0 Å². The maximum absolute atomic E-state index is 13.0. The molecule has 184 valence electrons. The number of methoxy groups -OCH3 is 1. The third-order valence-electron chi connectivity index (χ3n) is 5.34. The molecule has 0 aliphatic carbocycles. The Morgan fingerprint density at radius 2 is 1.81 bits per heavy atom. The van der Waals surface area contributed by atoms with E-state index >= 15 is 0 Å². The van der Waals surface area contributed by atoms with Crippen molar-refractivity contribution in [1.29, 1.82) is 0 Å². The second-order valence-electron chi connectivity index (χ2n) is 7.73. The smallest absolute Gasteiger partial charge is 0.335 e. The van der Waals surface area contributed by atoms with Crippen LogP contribution in [0.5, 0.6) is 11.5 Å². The minimum absolute atomic E-state index is 0.148. The van der Waals surface area contributed by atoms with Crippen LogP contribution in [0.4, 0.5) is 5.69 Å². The van der Waals surface area contributed by atoms with E-state index in [1.165, 1.54) is 23.9 Å². The fourth-order valence-electron chi connectivity index (χ4n) is 3.45. The first-order chi connectivity index (χ1) is 17.4. The number of carbonyl (C=O) groups is 2. The molecule has 1 amide bonds. The highest BCUT2D eigenvalue weighted by atomic mass is 35.5. The fraction of sp³-hybridized carbons (Fsp3) is 0.148. The molecule has 1 N–H and O–H groups in total. The van der Waals surface area contributed by atoms with Gasteiger partial charge in [-0.3, -0.25) is 9.69 Å². The van der Waals surface area contributed by atoms with Crippen LogP contribution < -0.4 is 9.47 Å². The van der Waals surface area contributed by atoms with Gasteiger partial charge in [0.1, 0.15) is 6.61 Å². The molecule has 0 aromatic heterocycles. The van der Waals surface area contributed by atoms with Crippen molar-refractivity contribution >= 4 is 52.2 Å². The van der Waals surface area contributed by atoms with Crippen molar-refractivity contribution < 1.29 is 24.2 Å². The average molecular weight is 523 g/mol. The number of amides is 1. The van der Waals surface area contributed by atoms with Crippen molar-refractivity contribution in [1.82, 2.24) is 4.90 Å². The van der Waals surface area contributed by atoms with Gasteiger partial charge in [-0.15, -0.1) is 0 Å². The number of carboxylic acid groups (broad SMARTS) is 1. The zero-order valence-corrected chi connectivity index (χ0v) is 21.2. The molecule has 4 rings (SSSR count). The highest BCUT2D eigenvalue weighted by molar-refractivity contribution is 8.18. The maximum Gasteiger partial charge on any atom is 0.335 e. The summed E-state index contributed by atoms with van der Waals surface area (Å²) in [6.07, 6.45) is 1.79. The number of aliphatic imine (C=N–C) groups is 1. The van der Waals surface area contributed by atoms with E-state index in [0.717, 1.165) is 11.1 Å². The zero-order chi connectivity index (χ0) is 25.7. The van der Waals surface area contributed by atoms with Crippen molar-refractivity contribution in [2.24, 2.45) is 4.99 Å². The number of hydrogen-bond donors (Lipinski definition) is 1. The number of benzene rings is 3. The molecule has 7 nitrogen and oxygen atoms in total. The van der Waals surface area contributed by atoms with Crippen LogP contribution in [0, 0.1) is 0 Å². The van der Waals surface area contributed by atoms with Gasteiger partial charge in [0.15, 0.2) is 16.7 Å². The molecule has 0 radical (unpaired) electrons. The van der Waals surface area contributed by atoms with Gasteiger partial charge in [0.2, 0.25) is 0 Å². The number of aromatic carboxylic acids is 1. The number of carbonyl (C=O) groups excluding carboxylic acids is 1. The Balaban J connectivity index is 1.53. The van der Waals surface area contributed by atoms with Gasteiger partial charge in [-0.05, 0) is 84.4 Å². The summed E-state index contributed by atoms with van der Waals surface area (Å²) in [6, 6.07) is 19.1. The number of likely N-dealkylation sites (N-methyl/N-ethyl adjacent to an activating group) is 1. The van der Waals surface area contributed by atoms with Crippen LogP contribution in [-0.2, 0) is 11.4 Å². The topological polar surface area (TPSA) is 88.4 Å². The van der Waals surface area contributed by atoms with Gasteiger partial charge in [-0.1, -0.05) is 29.8 Å². The highest BCUT2D eigenvalue weighted by Gasteiger charge is 2.32.